The number of carbonyl (C=O) groups excluding carboxylic acids is 3. The Kier molecular flexibility index (Phi) is 6.17. The number of likely N-dealkylation sites (tertiary alicyclic amines) is 2. The SMILES string of the molecule is CC(=O)SCC1CC(=O)N(C2CCCN(C(=O)OC(C)(C)C)C2)C1. The predicted octanol–water partition coefficient (Wildman–Crippen LogP) is 2.51. The van der Waals surface area contributed by atoms with E-state index in [0.29, 0.717) is 31.8 Å². The van der Waals surface area contributed by atoms with Crippen LogP contribution in [0.4, 0.5) is 4.79 Å². The van der Waals surface area contributed by atoms with Crippen molar-refractivity contribution in [2.45, 2.75) is 58.6 Å². The number of nitrogens with zero attached hydrogens (tertiary/aromatic N) is 2. The number of amides is 2. The van der Waals surface area contributed by atoms with Crippen LogP contribution in [0.5, 0.6) is 0 Å². The number of ether oxygens (including phenoxy) is 1. The van der Waals surface area contributed by atoms with Gasteiger partial charge in [-0.15, -0.1) is 0 Å². The van der Waals surface area contributed by atoms with E-state index in [1.807, 2.05) is 25.7 Å². The molecule has 2 saturated heterocycles. The van der Waals surface area contributed by atoms with Gasteiger partial charge >= 0.3 is 6.09 Å². The Morgan fingerprint density at radius 1 is 1.29 bits per heavy atom. The fourth-order valence-corrected chi connectivity index (χ4v) is 3.90. The van der Waals surface area contributed by atoms with Gasteiger partial charge in [0.15, 0.2) is 5.12 Å². The third kappa shape index (κ3) is 5.40. The van der Waals surface area contributed by atoms with Gasteiger partial charge in [0.25, 0.3) is 0 Å². The molecule has 0 saturated carbocycles. The lowest BCUT2D eigenvalue weighted by atomic mass is 10.0. The van der Waals surface area contributed by atoms with Crippen molar-refractivity contribution in [3.8, 4) is 0 Å². The largest absolute Gasteiger partial charge is 0.444 e. The first-order valence-electron chi connectivity index (χ1n) is 8.56. The van der Waals surface area contributed by atoms with Gasteiger partial charge in [0, 0.05) is 44.8 Å². The van der Waals surface area contributed by atoms with Crippen molar-refractivity contribution >= 4 is 28.9 Å². The van der Waals surface area contributed by atoms with E-state index in [1.54, 1.807) is 11.8 Å². The fraction of sp³-hybridized carbons (Fsp3) is 0.824. The lowest BCUT2D eigenvalue weighted by Gasteiger charge is -2.38. The van der Waals surface area contributed by atoms with Gasteiger partial charge in [-0.2, -0.15) is 0 Å². The Balaban J connectivity index is 1.91. The molecule has 0 radical (unpaired) electrons. The Morgan fingerprint density at radius 2 is 2.00 bits per heavy atom. The van der Waals surface area contributed by atoms with Crippen LogP contribution >= 0.6 is 11.8 Å². The van der Waals surface area contributed by atoms with Gasteiger partial charge < -0.3 is 14.5 Å². The van der Waals surface area contributed by atoms with Crippen molar-refractivity contribution in [3.05, 3.63) is 0 Å². The summed E-state index contributed by atoms with van der Waals surface area (Å²) in [7, 11) is 0. The Bertz CT molecular complexity index is 503. The second-order valence-electron chi connectivity index (χ2n) is 7.64. The summed E-state index contributed by atoms with van der Waals surface area (Å²) in [5.41, 5.74) is -0.511. The van der Waals surface area contributed by atoms with E-state index in [-0.39, 0.29) is 29.1 Å². The van der Waals surface area contributed by atoms with E-state index in [4.69, 9.17) is 4.74 Å². The molecule has 2 heterocycles. The minimum Gasteiger partial charge on any atom is -0.444 e. The molecule has 7 heteroatoms. The Hall–Kier alpha value is -1.24. The summed E-state index contributed by atoms with van der Waals surface area (Å²) in [6, 6.07) is 0.0612. The van der Waals surface area contributed by atoms with Crippen molar-refractivity contribution in [1.82, 2.24) is 9.80 Å². The highest BCUT2D eigenvalue weighted by Gasteiger charge is 2.37. The standard InChI is InChI=1S/C17H28N2O4S/c1-12(20)24-11-13-8-15(21)19(9-13)14-6-5-7-18(10-14)16(22)23-17(2,3)4/h13-14H,5-11H2,1-4H3. The molecule has 0 aromatic rings. The highest BCUT2D eigenvalue weighted by Crippen LogP contribution is 2.27. The van der Waals surface area contributed by atoms with Gasteiger partial charge in [0.05, 0.1) is 0 Å². The molecule has 0 N–H and O–H groups in total. The maximum Gasteiger partial charge on any atom is 0.410 e. The summed E-state index contributed by atoms with van der Waals surface area (Å²) in [4.78, 5) is 39.3. The van der Waals surface area contributed by atoms with Crippen molar-refractivity contribution in [3.63, 3.8) is 0 Å². The number of carbonyl (C=O) groups is 3. The van der Waals surface area contributed by atoms with Crippen molar-refractivity contribution in [2.24, 2.45) is 5.92 Å². The molecule has 0 spiro atoms. The average Bonchev–Trinajstić information content (AvgIpc) is 2.84. The lowest BCUT2D eigenvalue weighted by Crippen LogP contribution is -2.51. The van der Waals surface area contributed by atoms with Crippen LogP contribution in [0.15, 0.2) is 0 Å². The quantitative estimate of drug-likeness (QED) is 0.777. The van der Waals surface area contributed by atoms with Gasteiger partial charge in [-0.1, -0.05) is 11.8 Å². The van der Waals surface area contributed by atoms with Crippen LogP contribution in [0.2, 0.25) is 0 Å². The minimum atomic E-state index is -0.511. The van der Waals surface area contributed by atoms with E-state index < -0.39 is 5.60 Å². The highest BCUT2D eigenvalue weighted by molar-refractivity contribution is 8.13. The van der Waals surface area contributed by atoms with Crippen LogP contribution in [0, 0.1) is 5.92 Å². The summed E-state index contributed by atoms with van der Waals surface area (Å²) >= 11 is 1.29. The third-order valence-corrected chi connectivity index (χ3v) is 5.29. The zero-order valence-corrected chi connectivity index (χ0v) is 15.9. The molecule has 6 nitrogen and oxygen atoms in total. The van der Waals surface area contributed by atoms with E-state index in [9.17, 15) is 14.4 Å². The maximum absolute atomic E-state index is 12.3. The predicted molar refractivity (Wildman–Crippen MR) is 93.8 cm³/mol. The molecule has 0 bridgehead atoms. The molecule has 2 amide bonds. The summed E-state index contributed by atoms with van der Waals surface area (Å²) in [6.07, 6.45) is 1.99. The minimum absolute atomic E-state index is 0.0612. The molecular weight excluding hydrogens is 328 g/mol. The molecular formula is C17H28N2O4S. The normalized spacial score (nSPS) is 25.1. The Labute approximate surface area is 148 Å². The van der Waals surface area contributed by atoms with Crippen molar-refractivity contribution < 1.29 is 19.1 Å². The van der Waals surface area contributed by atoms with Crippen LogP contribution in [-0.2, 0) is 14.3 Å². The fourth-order valence-electron chi connectivity index (χ4n) is 3.21. The maximum atomic E-state index is 12.3. The number of hydrogen-bond donors (Lipinski definition) is 0. The molecule has 24 heavy (non-hydrogen) atoms. The zero-order chi connectivity index (χ0) is 17.9. The number of piperidine rings is 1. The first-order chi connectivity index (χ1) is 11.2. The molecule has 0 aliphatic carbocycles. The molecule has 0 aromatic heterocycles. The van der Waals surface area contributed by atoms with Gasteiger partial charge in [-0.25, -0.2) is 4.79 Å². The zero-order valence-electron chi connectivity index (χ0n) is 15.0. The smallest absolute Gasteiger partial charge is 0.410 e. The summed E-state index contributed by atoms with van der Waals surface area (Å²) in [5.74, 6) is 1.06. The molecule has 2 aliphatic rings. The van der Waals surface area contributed by atoms with Gasteiger partial charge in [0.2, 0.25) is 5.91 Å². The lowest BCUT2D eigenvalue weighted by molar-refractivity contribution is -0.130. The van der Waals surface area contributed by atoms with Gasteiger partial charge in [0.1, 0.15) is 5.60 Å². The van der Waals surface area contributed by atoms with E-state index in [0.717, 1.165) is 12.8 Å². The average molecular weight is 356 g/mol. The number of hydrogen-bond acceptors (Lipinski definition) is 5. The number of thioether (sulfide) groups is 1. The van der Waals surface area contributed by atoms with Crippen LogP contribution in [-0.4, -0.2) is 63.9 Å². The second-order valence-corrected chi connectivity index (χ2v) is 8.84. The molecule has 2 aliphatic heterocycles. The van der Waals surface area contributed by atoms with Crippen molar-refractivity contribution in [1.29, 1.82) is 0 Å². The van der Waals surface area contributed by atoms with Crippen LogP contribution in [0.3, 0.4) is 0 Å². The highest BCUT2D eigenvalue weighted by atomic mass is 32.2. The summed E-state index contributed by atoms with van der Waals surface area (Å²) < 4.78 is 5.44. The van der Waals surface area contributed by atoms with Gasteiger partial charge in [-0.05, 0) is 39.5 Å². The van der Waals surface area contributed by atoms with E-state index >= 15 is 0 Å². The monoisotopic (exact) mass is 356 g/mol. The van der Waals surface area contributed by atoms with E-state index in [2.05, 4.69) is 0 Å². The topological polar surface area (TPSA) is 66.9 Å². The first-order valence-corrected chi connectivity index (χ1v) is 9.55. The molecule has 2 atom stereocenters. The van der Waals surface area contributed by atoms with Crippen LogP contribution < -0.4 is 0 Å². The number of rotatable bonds is 3. The van der Waals surface area contributed by atoms with Crippen molar-refractivity contribution in [2.75, 3.05) is 25.4 Å². The van der Waals surface area contributed by atoms with E-state index in [1.165, 1.54) is 11.8 Å². The third-order valence-electron chi connectivity index (χ3n) is 4.25. The second kappa shape index (κ2) is 7.76. The molecule has 2 rings (SSSR count). The molecule has 2 unspecified atom stereocenters. The first kappa shape index (κ1) is 19.1. The molecule has 0 aromatic carbocycles. The molecule has 2 fully saturated rings. The Morgan fingerprint density at radius 3 is 2.62 bits per heavy atom. The van der Waals surface area contributed by atoms with Gasteiger partial charge in [-0.3, -0.25) is 9.59 Å². The van der Waals surface area contributed by atoms with Crippen LogP contribution in [0.25, 0.3) is 0 Å². The molecule has 136 valence electrons. The van der Waals surface area contributed by atoms with Crippen LogP contribution in [0.1, 0.15) is 47.0 Å². The summed E-state index contributed by atoms with van der Waals surface area (Å²) in [6.45, 7) is 9.02. The summed E-state index contributed by atoms with van der Waals surface area (Å²) in [5, 5.41) is 0.0923.